The van der Waals surface area contributed by atoms with Crippen molar-refractivity contribution in [3.8, 4) is 5.88 Å². The number of aliphatic imine (C=N–C) groups is 1. The molecule has 5 rings (SSSR count). The van der Waals surface area contributed by atoms with Gasteiger partial charge in [-0.3, -0.25) is 0 Å². The van der Waals surface area contributed by atoms with Crippen molar-refractivity contribution < 1.29 is 9.26 Å². The Morgan fingerprint density at radius 1 is 1.12 bits per heavy atom. The molecule has 1 aromatic carbocycles. The first-order chi connectivity index (χ1) is 15.4. The smallest absolute Gasteiger partial charge is 0.357 e. The number of nitrogens with two attached hydrogens (primary N) is 1. The second-order valence-electron chi connectivity index (χ2n) is 9.22. The van der Waals surface area contributed by atoms with E-state index in [0.29, 0.717) is 29.2 Å². The number of anilines is 1. The maximum atomic E-state index is 11.2. The van der Waals surface area contributed by atoms with Crippen LogP contribution in [-0.4, -0.2) is 26.4 Å². The number of rotatable bonds is 4. The summed E-state index contributed by atoms with van der Waals surface area (Å²) in [6.45, 7) is 3.96. The number of hydrogen-bond donors (Lipinski definition) is 2. The van der Waals surface area contributed by atoms with Crippen LogP contribution in [0.1, 0.15) is 62.3 Å². The first-order valence-corrected chi connectivity index (χ1v) is 11.1. The normalized spacial score (nSPS) is 22.0. The fourth-order valence-corrected chi connectivity index (χ4v) is 4.85. The quantitative estimate of drug-likeness (QED) is 0.638. The number of fused-ring (bicyclic) bond motifs is 1. The zero-order valence-corrected chi connectivity index (χ0v) is 18.3. The van der Waals surface area contributed by atoms with Gasteiger partial charge in [0, 0.05) is 11.6 Å². The van der Waals surface area contributed by atoms with Gasteiger partial charge in [-0.2, -0.15) is 4.98 Å². The van der Waals surface area contributed by atoms with Crippen LogP contribution in [0.3, 0.4) is 0 Å². The molecule has 1 fully saturated rings. The lowest BCUT2D eigenvalue weighted by atomic mass is 9.77. The summed E-state index contributed by atoms with van der Waals surface area (Å²) in [4.78, 5) is 24.2. The first-order valence-electron chi connectivity index (χ1n) is 11.1. The molecule has 0 atom stereocenters. The maximum Gasteiger partial charge on any atom is 0.357 e. The van der Waals surface area contributed by atoms with Gasteiger partial charge < -0.3 is 15.0 Å². The molecule has 1 aliphatic carbocycles. The molecule has 0 spiro atoms. The second kappa shape index (κ2) is 7.93. The molecule has 0 unspecified atom stereocenters. The molecule has 8 heteroatoms. The largest absolute Gasteiger partial charge is 0.463 e. The third-order valence-electron chi connectivity index (χ3n) is 6.55. The van der Waals surface area contributed by atoms with Crippen molar-refractivity contribution in [3.63, 3.8) is 0 Å². The molecule has 3 heterocycles. The zero-order valence-electron chi connectivity index (χ0n) is 18.3. The Bertz CT molecular complexity index is 1200. The monoisotopic (exact) mass is 433 g/mol. The lowest BCUT2D eigenvalue weighted by molar-refractivity contribution is 0.171. The highest BCUT2D eigenvalue weighted by atomic mass is 16.5. The van der Waals surface area contributed by atoms with E-state index in [1.54, 1.807) is 6.07 Å². The summed E-state index contributed by atoms with van der Waals surface area (Å²) in [7, 11) is 0. The lowest BCUT2D eigenvalue weighted by Gasteiger charge is -2.32. The molecule has 8 nitrogen and oxygen atoms in total. The molecular weight excluding hydrogens is 406 g/mol. The van der Waals surface area contributed by atoms with Crippen molar-refractivity contribution in [1.29, 1.82) is 0 Å². The van der Waals surface area contributed by atoms with Gasteiger partial charge in [0.05, 0.1) is 11.4 Å². The summed E-state index contributed by atoms with van der Waals surface area (Å²) in [5, 5.41) is 2.72. The van der Waals surface area contributed by atoms with Gasteiger partial charge in [-0.15, -0.1) is 0 Å². The highest BCUT2D eigenvalue weighted by molar-refractivity contribution is 6.09. The Kier molecular flexibility index (Phi) is 5.07. The molecule has 3 aromatic rings. The number of aromatic nitrogens is 3. The van der Waals surface area contributed by atoms with E-state index in [0.717, 1.165) is 49.1 Å². The van der Waals surface area contributed by atoms with E-state index in [1.807, 2.05) is 13.8 Å². The van der Waals surface area contributed by atoms with E-state index in [9.17, 15) is 4.79 Å². The van der Waals surface area contributed by atoms with Crippen LogP contribution in [0.25, 0.3) is 0 Å². The number of nitrogens with zero attached hydrogens (tertiary/aromatic N) is 3. The van der Waals surface area contributed by atoms with E-state index >= 15 is 0 Å². The molecule has 166 valence electrons. The van der Waals surface area contributed by atoms with E-state index < -0.39 is 5.60 Å². The van der Waals surface area contributed by atoms with Crippen LogP contribution in [0.2, 0.25) is 0 Å². The Labute approximate surface area is 185 Å². The minimum atomic E-state index is -0.624. The summed E-state index contributed by atoms with van der Waals surface area (Å²) in [5.74, 6) is 1.86. The lowest BCUT2D eigenvalue weighted by Crippen LogP contribution is -2.41. The van der Waals surface area contributed by atoms with Gasteiger partial charge in [0.25, 0.3) is 0 Å². The van der Waals surface area contributed by atoms with Crippen molar-refractivity contribution in [3.05, 3.63) is 63.9 Å². The third-order valence-corrected chi connectivity index (χ3v) is 6.55. The summed E-state index contributed by atoms with van der Waals surface area (Å²) in [6, 6.07) is 10.2. The highest BCUT2D eigenvalue weighted by Gasteiger charge is 2.35. The van der Waals surface area contributed by atoms with Crippen LogP contribution in [0.4, 0.5) is 11.5 Å². The summed E-state index contributed by atoms with van der Waals surface area (Å²) < 4.78 is 10.9. The third kappa shape index (κ3) is 3.92. The van der Waals surface area contributed by atoms with Gasteiger partial charge in [-0.25, -0.2) is 19.9 Å². The Morgan fingerprint density at radius 2 is 1.88 bits per heavy atom. The van der Waals surface area contributed by atoms with Crippen molar-refractivity contribution >= 4 is 17.2 Å². The summed E-state index contributed by atoms with van der Waals surface area (Å²) >= 11 is 0. The van der Waals surface area contributed by atoms with E-state index in [2.05, 4.69) is 39.4 Å². The van der Waals surface area contributed by atoms with E-state index in [-0.39, 0.29) is 5.63 Å². The molecule has 2 aliphatic rings. The fraction of sp³-hybridized carbons (Fsp3) is 0.417. The summed E-state index contributed by atoms with van der Waals surface area (Å²) in [5.41, 5.74) is 9.62. The Balaban J connectivity index is 1.29. The number of nitrogens with one attached hydrogen (secondary N) is 1. The number of benzene rings is 1. The zero-order chi connectivity index (χ0) is 22.3. The van der Waals surface area contributed by atoms with Crippen LogP contribution in [0.15, 0.2) is 51.0 Å². The molecule has 1 aliphatic heterocycles. The van der Waals surface area contributed by atoms with Crippen LogP contribution in [0, 0.1) is 5.92 Å². The average molecular weight is 434 g/mol. The van der Waals surface area contributed by atoms with Gasteiger partial charge in [0.1, 0.15) is 11.9 Å². The fourth-order valence-electron chi connectivity index (χ4n) is 4.85. The minimum absolute atomic E-state index is 0.302. The van der Waals surface area contributed by atoms with Crippen molar-refractivity contribution in [2.75, 3.05) is 5.73 Å². The highest BCUT2D eigenvalue weighted by Crippen LogP contribution is 2.40. The second-order valence-corrected chi connectivity index (χ2v) is 9.22. The molecular formula is C24H27N5O3. The summed E-state index contributed by atoms with van der Waals surface area (Å²) in [6.07, 6.45) is 6.84. The maximum absolute atomic E-state index is 11.2. The molecule has 0 amide bonds. The number of hydrogen-bond acceptors (Lipinski definition) is 7. The topological polar surface area (TPSA) is 119 Å². The molecule has 3 N–H and O–H groups in total. The standard InChI is InChI=1S/C24H27N5O3/c1-24(2)21(28-20-22(25)26-13-27-23(20)31-24)17-9-7-16(8-10-17)15-5-3-14(4-6-15)11-18-12-19(30)32-29-18/h7-10,12-15,29H,3-6,11H2,1-2H3,(H2,25,26,27). The minimum Gasteiger partial charge on any atom is -0.463 e. The van der Waals surface area contributed by atoms with Gasteiger partial charge in [-0.05, 0) is 63.4 Å². The average Bonchev–Trinajstić information content (AvgIpc) is 3.18. The number of nitrogen functional groups attached to an aromatic ring is 1. The predicted molar refractivity (Wildman–Crippen MR) is 122 cm³/mol. The van der Waals surface area contributed by atoms with E-state index in [4.69, 9.17) is 20.0 Å². The van der Waals surface area contributed by atoms with Crippen LogP contribution >= 0.6 is 0 Å². The van der Waals surface area contributed by atoms with Crippen LogP contribution in [0.5, 0.6) is 5.88 Å². The van der Waals surface area contributed by atoms with Crippen molar-refractivity contribution in [1.82, 2.24) is 15.1 Å². The number of ether oxygens (including phenoxy) is 1. The van der Waals surface area contributed by atoms with Gasteiger partial charge in [-0.1, -0.05) is 24.3 Å². The Hall–Kier alpha value is -3.42. The molecule has 0 saturated heterocycles. The van der Waals surface area contributed by atoms with Gasteiger partial charge >= 0.3 is 5.63 Å². The van der Waals surface area contributed by atoms with Crippen molar-refractivity contribution in [2.45, 2.75) is 57.5 Å². The van der Waals surface area contributed by atoms with Crippen LogP contribution < -0.4 is 16.1 Å². The van der Waals surface area contributed by atoms with E-state index in [1.165, 1.54) is 11.9 Å². The number of aromatic amines is 1. The molecule has 0 bridgehead atoms. The Morgan fingerprint density at radius 3 is 2.56 bits per heavy atom. The number of H-pyrrole nitrogens is 1. The molecule has 0 radical (unpaired) electrons. The van der Waals surface area contributed by atoms with Crippen LogP contribution in [-0.2, 0) is 6.42 Å². The first kappa shape index (κ1) is 20.5. The molecule has 1 saturated carbocycles. The SMILES string of the molecule is CC1(C)Oc2ncnc(N)c2N=C1c1ccc(C2CCC(Cc3cc(=O)o[nH]3)CC2)cc1. The van der Waals surface area contributed by atoms with Gasteiger partial charge in [0.15, 0.2) is 11.5 Å². The molecule has 2 aromatic heterocycles. The van der Waals surface area contributed by atoms with Crippen molar-refractivity contribution in [2.24, 2.45) is 10.9 Å². The predicted octanol–water partition coefficient (Wildman–Crippen LogP) is 4.15. The van der Waals surface area contributed by atoms with Gasteiger partial charge in [0.2, 0.25) is 5.88 Å². The molecule has 32 heavy (non-hydrogen) atoms.